The lowest BCUT2D eigenvalue weighted by Crippen LogP contribution is -3.00. The molecule has 0 aliphatic carbocycles. The van der Waals surface area contributed by atoms with Gasteiger partial charge in [-0.1, -0.05) is 6.92 Å². The Morgan fingerprint density at radius 3 is 1.67 bits per heavy atom. The van der Waals surface area contributed by atoms with Crippen LogP contribution in [-0.2, 0) is 0 Å². The van der Waals surface area contributed by atoms with Crippen LogP contribution in [0, 0.1) is 0 Å². The van der Waals surface area contributed by atoms with E-state index in [-0.39, 0.29) is 23.2 Å². The van der Waals surface area contributed by atoms with Crippen molar-refractivity contribution >= 4 is 0 Å². The van der Waals surface area contributed by atoms with E-state index in [9.17, 15) is 0 Å². The van der Waals surface area contributed by atoms with Crippen molar-refractivity contribution in [3.05, 3.63) is 0 Å². The van der Waals surface area contributed by atoms with E-state index >= 15 is 0 Å². The Hall–Kier alpha value is 0.400. The molecule has 0 bridgehead atoms. The summed E-state index contributed by atoms with van der Waals surface area (Å²) in [4.78, 5) is 0. The van der Waals surface area contributed by atoms with Crippen LogP contribution in [0.4, 0.5) is 0 Å². The van der Waals surface area contributed by atoms with E-state index in [4.69, 9.17) is 5.11 Å². The van der Waals surface area contributed by atoms with Gasteiger partial charge in [-0.05, 0) is 0 Å². The standard InChI is InChI=1S/C6H16NO.BrH/c1-5-6(8)7(2,3)4;/h6,8H,5H2,1-4H3;1H/q+1;/p-1. The normalized spacial score (nSPS) is 14.3. The fourth-order valence-electron chi connectivity index (χ4n) is 0.548. The van der Waals surface area contributed by atoms with Gasteiger partial charge in [0.2, 0.25) is 0 Å². The molecule has 0 fully saturated rings. The third-order valence-corrected chi connectivity index (χ3v) is 1.26. The molecule has 2 nitrogen and oxygen atoms in total. The van der Waals surface area contributed by atoms with E-state index in [0.29, 0.717) is 4.48 Å². The SMILES string of the molecule is CCC(O)[N+](C)(C)C.[Br-]. The molecule has 0 aliphatic rings. The minimum absolute atomic E-state index is 0. The predicted molar refractivity (Wildman–Crippen MR) is 34.3 cm³/mol. The zero-order valence-electron chi connectivity index (χ0n) is 6.56. The molecule has 0 saturated heterocycles. The summed E-state index contributed by atoms with van der Waals surface area (Å²) in [7, 11) is 5.94. The number of halogens is 1. The van der Waals surface area contributed by atoms with Gasteiger partial charge in [-0.15, -0.1) is 0 Å². The second-order valence-electron chi connectivity index (χ2n) is 3.01. The highest BCUT2D eigenvalue weighted by atomic mass is 79.9. The van der Waals surface area contributed by atoms with E-state index in [0.717, 1.165) is 6.42 Å². The molecular weight excluding hydrogens is 182 g/mol. The summed E-state index contributed by atoms with van der Waals surface area (Å²) in [6.07, 6.45) is 0.610. The Balaban J connectivity index is 0. The van der Waals surface area contributed by atoms with Gasteiger partial charge in [0.1, 0.15) is 0 Å². The fourth-order valence-corrected chi connectivity index (χ4v) is 0.548. The third-order valence-electron chi connectivity index (χ3n) is 1.26. The Labute approximate surface area is 67.8 Å². The maximum Gasteiger partial charge on any atom is 0.189 e. The molecule has 0 spiro atoms. The maximum atomic E-state index is 9.17. The molecule has 1 atom stereocenters. The highest BCUT2D eigenvalue weighted by Gasteiger charge is 2.16. The van der Waals surface area contributed by atoms with Gasteiger partial charge in [-0.2, -0.15) is 0 Å². The number of hydrogen-bond donors (Lipinski definition) is 1. The van der Waals surface area contributed by atoms with Crippen LogP contribution in [0.5, 0.6) is 0 Å². The van der Waals surface area contributed by atoms with Crippen molar-refractivity contribution in [1.29, 1.82) is 0 Å². The summed E-state index contributed by atoms with van der Waals surface area (Å²) in [5.74, 6) is 0. The van der Waals surface area contributed by atoms with Gasteiger partial charge in [0.05, 0.1) is 21.1 Å². The van der Waals surface area contributed by atoms with Crippen LogP contribution < -0.4 is 17.0 Å². The number of hydrogen-bond acceptors (Lipinski definition) is 1. The Morgan fingerprint density at radius 1 is 1.33 bits per heavy atom. The van der Waals surface area contributed by atoms with Crippen molar-refractivity contribution in [2.45, 2.75) is 19.6 Å². The van der Waals surface area contributed by atoms with E-state index in [1.165, 1.54) is 0 Å². The monoisotopic (exact) mass is 197 g/mol. The van der Waals surface area contributed by atoms with E-state index in [1.54, 1.807) is 0 Å². The van der Waals surface area contributed by atoms with Crippen molar-refractivity contribution in [3.8, 4) is 0 Å². The van der Waals surface area contributed by atoms with Gasteiger partial charge in [0.25, 0.3) is 0 Å². The molecule has 0 rings (SSSR count). The van der Waals surface area contributed by atoms with Crippen LogP contribution >= 0.6 is 0 Å². The molecule has 0 saturated carbocycles. The second kappa shape index (κ2) is 4.25. The molecule has 9 heavy (non-hydrogen) atoms. The summed E-state index contributed by atoms with van der Waals surface area (Å²) in [6.45, 7) is 1.98. The van der Waals surface area contributed by atoms with Gasteiger partial charge in [-0.25, -0.2) is 0 Å². The first-order valence-corrected chi connectivity index (χ1v) is 2.97. The van der Waals surface area contributed by atoms with E-state index < -0.39 is 0 Å². The van der Waals surface area contributed by atoms with Crippen LogP contribution in [0.3, 0.4) is 0 Å². The summed E-state index contributed by atoms with van der Waals surface area (Å²) >= 11 is 0. The first-order chi connectivity index (χ1) is 3.48. The van der Waals surface area contributed by atoms with Gasteiger partial charge < -0.3 is 26.6 Å². The molecule has 1 unspecified atom stereocenters. The summed E-state index contributed by atoms with van der Waals surface area (Å²) < 4.78 is 0.635. The lowest BCUT2D eigenvalue weighted by atomic mass is 10.4. The van der Waals surface area contributed by atoms with Crippen molar-refractivity contribution in [1.82, 2.24) is 0 Å². The van der Waals surface area contributed by atoms with Crippen molar-refractivity contribution < 1.29 is 26.6 Å². The van der Waals surface area contributed by atoms with Gasteiger partial charge in [0.15, 0.2) is 6.23 Å². The van der Waals surface area contributed by atoms with Crippen LogP contribution in [-0.4, -0.2) is 37.0 Å². The first-order valence-electron chi connectivity index (χ1n) is 2.97. The lowest BCUT2D eigenvalue weighted by Gasteiger charge is -2.28. The number of quaternary nitrogens is 1. The number of nitrogens with zero attached hydrogens (tertiary/aromatic N) is 1. The molecule has 0 amide bonds. The van der Waals surface area contributed by atoms with Crippen LogP contribution in [0.15, 0.2) is 0 Å². The van der Waals surface area contributed by atoms with Gasteiger partial charge in [0, 0.05) is 6.42 Å². The zero-order valence-corrected chi connectivity index (χ0v) is 8.14. The smallest absolute Gasteiger partial charge is 0.189 e. The molecule has 1 N–H and O–H groups in total. The third kappa shape index (κ3) is 4.88. The molecule has 3 heteroatoms. The number of aliphatic hydroxyl groups excluding tert-OH is 1. The minimum Gasteiger partial charge on any atom is -1.00 e. The lowest BCUT2D eigenvalue weighted by molar-refractivity contribution is -0.918. The van der Waals surface area contributed by atoms with E-state index in [1.807, 2.05) is 28.1 Å². The molecule has 0 aromatic heterocycles. The Morgan fingerprint density at radius 2 is 1.67 bits per heavy atom. The molecule has 0 aromatic rings. The van der Waals surface area contributed by atoms with Crippen molar-refractivity contribution in [2.24, 2.45) is 0 Å². The molecule has 0 aliphatic heterocycles. The first kappa shape index (κ1) is 12.1. The van der Waals surface area contributed by atoms with Crippen LogP contribution in [0.2, 0.25) is 0 Å². The molecule has 0 aromatic carbocycles. The molecule has 0 heterocycles. The number of aliphatic hydroxyl groups is 1. The molecule has 58 valence electrons. The van der Waals surface area contributed by atoms with E-state index in [2.05, 4.69) is 0 Å². The molecular formula is C6H16BrNO. The minimum atomic E-state index is -0.213. The highest BCUT2D eigenvalue weighted by Crippen LogP contribution is 2.01. The average Bonchev–Trinajstić information content (AvgIpc) is 1.62. The highest BCUT2D eigenvalue weighted by molar-refractivity contribution is 4.30. The zero-order chi connectivity index (χ0) is 6.78. The summed E-state index contributed by atoms with van der Waals surface area (Å²) in [5, 5.41) is 9.17. The Kier molecular flexibility index (Phi) is 5.72. The maximum absolute atomic E-state index is 9.17. The van der Waals surface area contributed by atoms with Crippen molar-refractivity contribution in [3.63, 3.8) is 0 Å². The van der Waals surface area contributed by atoms with Crippen molar-refractivity contribution in [2.75, 3.05) is 21.1 Å². The van der Waals surface area contributed by atoms with Gasteiger partial charge in [-0.3, -0.25) is 0 Å². The quantitative estimate of drug-likeness (QED) is 0.382. The predicted octanol–water partition coefficient (Wildman–Crippen LogP) is -2.57. The second-order valence-corrected chi connectivity index (χ2v) is 3.01. The van der Waals surface area contributed by atoms with Crippen LogP contribution in [0.1, 0.15) is 13.3 Å². The van der Waals surface area contributed by atoms with Gasteiger partial charge >= 0.3 is 0 Å². The summed E-state index contributed by atoms with van der Waals surface area (Å²) in [5.41, 5.74) is 0. The topological polar surface area (TPSA) is 20.2 Å². The number of rotatable bonds is 2. The van der Waals surface area contributed by atoms with Crippen LogP contribution in [0.25, 0.3) is 0 Å². The average molecular weight is 198 g/mol. The largest absolute Gasteiger partial charge is 1.00 e. The summed E-state index contributed by atoms with van der Waals surface area (Å²) in [6, 6.07) is 0. The fraction of sp³-hybridized carbons (Fsp3) is 1.00. The Bertz CT molecular complexity index is 69.9. The molecule has 0 radical (unpaired) electrons.